The molecule has 0 radical (unpaired) electrons. The van der Waals surface area contributed by atoms with Crippen molar-refractivity contribution in [2.45, 2.75) is 26.7 Å². The molecule has 0 spiro atoms. The molecule has 0 unspecified atom stereocenters. The molecule has 1 aromatic carbocycles. The Kier molecular flexibility index (Phi) is 3.45. The highest BCUT2D eigenvalue weighted by molar-refractivity contribution is 6.04. The maximum atomic E-state index is 12.4. The zero-order chi connectivity index (χ0) is 17.6. The van der Waals surface area contributed by atoms with Gasteiger partial charge in [0.15, 0.2) is 17.3 Å². The Morgan fingerprint density at radius 1 is 1.20 bits per heavy atom. The van der Waals surface area contributed by atoms with Gasteiger partial charge in [-0.25, -0.2) is 9.97 Å². The Labute approximate surface area is 144 Å². The molecule has 0 saturated carbocycles. The van der Waals surface area contributed by atoms with E-state index >= 15 is 0 Å². The van der Waals surface area contributed by atoms with Crippen molar-refractivity contribution in [1.82, 2.24) is 9.97 Å². The van der Waals surface area contributed by atoms with Crippen LogP contribution in [0.15, 0.2) is 24.4 Å². The number of ether oxygens (including phenoxy) is 2. The fourth-order valence-electron chi connectivity index (χ4n) is 3.10. The summed E-state index contributed by atoms with van der Waals surface area (Å²) in [6, 6.07) is 4.95. The van der Waals surface area contributed by atoms with Gasteiger partial charge in [0, 0.05) is 18.2 Å². The fourth-order valence-corrected chi connectivity index (χ4v) is 3.10. The number of rotatable bonds is 2. The molecule has 7 heteroatoms. The molecule has 1 aromatic heterocycles. The summed E-state index contributed by atoms with van der Waals surface area (Å²) < 4.78 is 10.5. The lowest BCUT2D eigenvalue weighted by Gasteiger charge is -2.29. The summed E-state index contributed by atoms with van der Waals surface area (Å²) >= 11 is 0. The van der Waals surface area contributed by atoms with Crippen LogP contribution >= 0.6 is 0 Å². The van der Waals surface area contributed by atoms with Gasteiger partial charge >= 0.3 is 0 Å². The van der Waals surface area contributed by atoms with Gasteiger partial charge in [0.1, 0.15) is 0 Å². The van der Waals surface area contributed by atoms with Crippen molar-refractivity contribution in [2.75, 3.05) is 12.1 Å². The van der Waals surface area contributed by atoms with E-state index in [1.807, 2.05) is 13.8 Å². The fraction of sp³-hybridized carbons (Fsp3) is 0.333. The number of benzene rings is 1. The van der Waals surface area contributed by atoms with E-state index in [1.54, 1.807) is 18.2 Å². The molecule has 0 bridgehead atoms. The molecule has 4 rings (SSSR count). The summed E-state index contributed by atoms with van der Waals surface area (Å²) in [5.74, 6) is 1.03. The molecule has 0 fully saturated rings. The van der Waals surface area contributed by atoms with Crippen LogP contribution in [0.25, 0.3) is 0 Å². The summed E-state index contributed by atoms with van der Waals surface area (Å²) in [4.78, 5) is 33.1. The molecule has 128 valence electrons. The smallest absolute Gasteiger partial charge is 0.258 e. The van der Waals surface area contributed by atoms with E-state index in [-0.39, 0.29) is 29.8 Å². The van der Waals surface area contributed by atoms with Crippen LogP contribution in [0.2, 0.25) is 0 Å². The topological polar surface area (TPSA) is 90.4 Å². The monoisotopic (exact) mass is 339 g/mol. The highest BCUT2D eigenvalue weighted by Gasteiger charge is 2.32. The first-order chi connectivity index (χ1) is 11.9. The number of carbonyl (C=O) groups is 2. The van der Waals surface area contributed by atoms with Gasteiger partial charge in [0.25, 0.3) is 5.91 Å². The lowest BCUT2D eigenvalue weighted by atomic mass is 9.76. The van der Waals surface area contributed by atoms with Gasteiger partial charge in [0.05, 0.1) is 11.3 Å². The number of ketones is 1. The molecule has 1 aliphatic heterocycles. The number of hydrogen-bond donors (Lipinski definition) is 1. The van der Waals surface area contributed by atoms with Crippen molar-refractivity contribution in [2.24, 2.45) is 5.41 Å². The Hall–Kier alpha value is -2.96. The largest absolute Gasteiger partial charge is 0.454 e. The summed E-state index contributed by atoms with van der Waals surface area (Å²) in [6.07, 6.45) is 2.64. The highest BCUT2D eigenvalue weighted by atomic mass is 16.7. The number of amides is 1. The summed E-state index contributed by atoms with van der Waals surface area (Å²) in [6.45, 7) is 4.21. The Balaban J connectivity index is 1.57. The second-order valence-electron chi connectivity index (χ2n) is 7.02. The van der Waals surface area contributed by atoms with Crippen molar-refractivity contribution in [3.63, 3.8) is 0 Å². The first-order valence-electron chi connectivity index (χ1n) is 8.01. The van der Waals surface area contributed by atoms with Gasteiger partial charge in [0.2, 0.25) is 12.7 Å². The van der Waals surface area contributed by atoms with Crippen molar-refractivity contribution >= 4 is 17.6 Å². The van der Waals surface area contributed by atoms with Gasteiger partial charge in [-0.3, -0.25) is 14.9 Å². The molecule has 1 aliphatic carbocycles. The third kappa shape index (κ3) is 2.93. The van der Waals surface area contributed by atoms with Crippen LogP contribution < -0.4 is 14.8 Å². The van der Waals surface area contributed by atoms with E-state index in [9.17, 15) is 9.59 Å². The summed E-state index contributed by atoms with van der Waals surface area (Å²) in [5.41, 5.74) is 1.50. The van der Waals surface area contributed by atoms with Crippen molar-refractivity contribution < 1.29 is 19.1 Å². The Morgan fingerprint density at radius 3 is 2.84 bits per heavy atom. The minimum Gasteiger partial charge on any atom is -0.454 e. The van der Waals surface area contributed by atoms with Crippen molar-refractivity contribution in [3.8, 4) is 11.5 Å². The van der Waals surface area contributed by atoms with Crippen molar-refractivity contribution in [1.29, 1.82) is 0 Å². The molecule has 2 aromatic rings. The number of Topliss-reactive ketones (excluding diaryl/α,β-unsaturated/α-hetero) is 1. The Bertz CT molecular complexity index is 892. The SMILES string of the molecule is CC1(C)CC(=O)c2cnc(NC(=O)c3ccc4c(c3)OCO4)nc2C1. The minimum atomic E-state index is -0.348. The number of hydrogen-bond acceptors (Lipinski definition) is 6. The molecular weight excluding hydrogens is 322 g/mol. The lowest BCUT2D eigenvalue weighted by molar-refractivity contribution is 0.0909. The van der Waals surface area contributed by atoms with Crippen LogP contribution in [-0.4, -0.2) is 28.5 Å². The average molecular weight is 339 g/mol. The molecule has 7 nitrogen and oxygen atoms in total. The van der Waals surface area contributed by atoms with E-state index in [4.69, 9.17) is 9.47 Å². The number of carbonyl (C=O) groups excluding carboxylic acids is 2. The third-order valence-electron chi connectivity index (χ3n) is 4.31. The molecule has 0 atom stereocenters. The van der Waals surface area contributed by atoms with Gasteiger partial charge in [-0.1, -0.05) is 13.8 Å². The predicted octanol–water partition coefficient (Wildman–Crippen LogP) is 2.61. The number of fused-ring (bicyclic) bond motifs is 2. The Morgan fingerprint density at radius 2 is 2.00 bits per heavy atom. The van der Waals surface area contributed by atoms with Crippen LogP contribution in [0.1, 0.15) is 46.7 Å². The first kappa shape index (κ1) is 15.6. The minimum absolute atomic E-state index is 0.0416. The zero-order valence-electron chi connectivity index (χ0n) is 14.0. The van der Waals surface area contributed by atoms with Gasteiger partial charge in [-0.2, -0.15) is 0 Å². The van der Waals surface area contributed by atoms with E-state index in [2.05, 4.69) is 15.3 Å². The van der Waals surface area contributed by atoms with E-state index in [1.165, 1.54) is 6.20 Å². The van der Waals surface area contributed by atoms with Gasteiger partial charge in [-0.15, -0.1) is 0 Å². The van der Waals surface area contributed by atoms with Crippen LogP contribution in [0.5, 0.6) is 11.5 Å². The average Bonchev–Trinajstić information content (AvgIpc) is 3.00. The number of anilines is 1. The zero-order valence-corrected chi connectivity index (χ0v) is 14.0. The second kappa shape index (κ2) is 5.54. The summed E-state index contributed by atoms with van der Waals surface area (Å²) in [5, 5.41) is 2.67. The molecule has 25 heavy (non-hydrogen) atoms. The maximum absolute atomic E-state index is 12.4. The van der Waals surface area contributed by atoms with Gasteiger partial charge < -0.3 is 9.47 Å². The number of aromatic nitrogens is 2. The van der Waals surface area contributed by atoms with Crippen LogP contribution in [0.4, 0.5) is 5.95 Å². The van der Waals surface area contributed by atoms with Crippen LogP contribution in [-0.2, 0) is 6.42 Å². The number of nitrogens with one attached hydrogen (secondary N) is 1. The van der Waals surface area contributed by atoms with E-state index in [0.29, 0.717) is 41.2 Å². The van der Waals surface area contributed by atoms with Gasteiger partial charge in [-0.05, 0) is 30.0 Å². The number of nitrogens with zero attached hydrogens (tertiary/aromatic N) is 2. The van der Waals surface area contributed by atoms with Crippen LogP contribution in [0.3, 0.4) is 0 Å². The quantitative estimate of drug-likeness (QED) is 0.904. The molecular formula is C18H17N3O4. The third-order valence-corrected chi connectivity index (χ3v) is 4.31. The molecule has 2 aliphatic rings. The molecule has 2 heterocycles. The first-order valence-corrected chi connectivity index (χ1v) is 8.01. The molecule has 0 saturated heterocycles. The maximum Gasteiger partial charge on any atom is 0.258 e. The van der Waals surface area contributed by atoms with Crippen LogP contribution in [0, 0.1) is 5.41 Å². The normalized spacial score (nSPS) is 17.1. The molecule has 1 amide bonds. The molecule has 1 N–H and O–H groups in total. The predicted molar refractivity (Wildman–Crippen MR) is 89.0 cm³/mol. The summed E-state index contributed by atoms with van der Waals surface area (Å²) in [7, 11) is 0. The van der Waals surface area contributed by atoms with E-state index in [0.717, 1.165) is 0 Å². The standard InChI is InChI=1S/C18H17N3O4/c1-18(2)6-12-11(13(22)7-18)8-19-17(20-12)21-16(23)10-3-4-14-15(5-10)25-9-24-14/h3-5,8H,6-7,9H2,1-2H3,(H,19,20,21,23). The van der Waals surface area contributed by atoms with E-state index < -0.39 is 0 Å². The van der Waals surface area contributed by atoms with Crippen molar-refractivity contribution in [3.05, 3.63) is 41.2 Å². The second-order valence-corrected chi connectivity index (χ2v) is 7.02. The lowest BCUT2D eigenvalue weighted by Crippen LogP contribution is -2.28. The highest BCUT2D eigenvalue weighted by Crippen LogP contribution is 2.34.